The Hall–Kier alpha value is -0.490. The quantitative estimate of drug-likeness (QED) is 0.580. The van der Waals surface area contributed by atoms with Gasteiger partial charge in [-0.05, 0) is 6.92 Å². The van der Waals surface area contributed by atoms with Gasteiger partial charge in [-0.3, -0.25) is 0 Å². The maximum absolute atomic E-state index is 11.6. The van der Waals surface area contributed by atoms with Crippen LogP contribution in [0.2, 0.25) is 0 Å². The van der Waals surface area contributed by atoms with Crippen LogP contribution in [-0.2, 0) is 10.0 Å². The van der Waals surface area contributed by atoms with E-state index in [9.17, 15) is 8.42 Å². The van der Waals surface area contributed by atoms with Crippen molar-refractivity contribution in [2.75, 3.05) is 12.3 Å². The molecule has 0 aromatic carbocycles. The van der Waals surface area contributed by atoms with E-state index in [2.05, 4.69) is 4.99 Å². The van der Waals surface area contributed by atoms with Gasteiger partial charge < -0.3 is 0 Å². The molecule has 2 heterocycles. The largest absolute Gasteiger partial charge is 0.263 e. The van der Waals surface area contributed by atoms with Crippen molar-refractivity contribution in [3.05, 3.63) is 11.1 Å². The Morgan fingerprint density at radius 1 is 1.67 bits per heavy atom. The molecule has 0 spiro atoms. The summed E-state index contributed by atoms with van der Waals surface area (Å²) in [4.78, 5) is 4.36. The van der Waals surface area contributed by atoms with Crippen molar-refractivity contribution in [3.8, 4) is 0 Å². The van der Waals surface area contributed by atoms with Crippen molar-refractivity contribution in [1.29, 1.82) is 0 Å². The predicted molar refractivity (Wildman–Crippen MR) is 49.3 cm³/mol. The van der Waals surface area contributed by atoms with E-state index in [0.29, 0.717) is 16.6 Å². The number of hydrogen-bond donors (Lipinski definition) is 0. The fourth-order valence-electron chi connectivity index (χ4n) is 1.10. The smallest absolute Gasteiger partial charge is 0.244 e. The second-order valence-corrected chi connectivity index (χ2v) is 5.67. The molecule has 0 atom stereocenters. The standard InChI is InChI=1S/C6H8N2O2S2/c1-5-4-7-6-8(2-3-11-6)12(5,9)10/h4H,2-3H2,1H3. The maximum Gasteiger partial charge on any atom is 0.263 e. The van der Waals surface area contributed by atoms with Gasteiger partial charge in [-0.1, -0.05) is 11.8 Å². The lowest BCUT2D eigenvalue weighted by molar-refractivity contribution is 0.545. The minimum Gasteiger partial charge on any atom is -0.244 e. The maximum atomic E-state index is 11.6. The molecule has 2 aliphatic heterocycles. The zero-order chi connectivity index (χ0) is 8.77. The minimum atomic E-state index is -3.20. The fourth-order valence-corrected chi connectivity index (χ4v) is 3.60. The average Bonchev–Trinajstić information content (AvgIpc) is 2.46. The van der Waals surface area contributed by atoms with Gasteiger partial charge in [-0.15, -0.1) is 0 Å². The Bertz CT molecular complexity index is 369. The molecular formula is C6H8N2O2S2. The molecule has 0 saturated carbocycles. The molecule has 0 bridgehead atoms. The number of thioether (sulfide) groups is 1. The van der Waals surface area contributed by atoms with Gasteiger partial charge in [0.25, 0.3) is 10.0 Å². The van der Waals surface area contributed by atoms with Crippen LogP contribution in [0.25, 0.3) is 0 Å². The minimum absolute atomic E-state index is 0.328. The van der Waals surface area contributed by atoms with Crippen molar-refractivity contribution in [1.82, 2.24) is 4.31 Å². The van der Waals surface area contributed by atoms with E-state index in [-0.39, 0.29) is 0 Å². The SMILES string of the molecule is CC1=CN=C2SCCN2S1(=O)=O. The molecule has 66 valence electrons. The van der Waals surface area contributed by atoms with Crippen molar-refractivity contribution >= 4 is 27.0 Å². The second-order valence-electron chi connectivity index (χ2n) is 2.58. The predicted octanol–water partition coefficient (Wildman–Crippen LogP) is 0.596. The molecule has 0 aromatic heterocycles. The van der Waals surface area contributed by atoms with Gasteiger partial charge in [0.05, 0.1) is 4.91 Å². The second kappa shape index (κ2) is 2.50. The van der Waals surface area contributed by atoms with Crippen LogP contribution in [0.4, 0.5) is 0 Å². The van der Waals surface area contributed by atoms with E-state index < -0.39 is 10.0 Å². The van der Waals surface area contributed by atoms with E-state index in [4.69, 9.17) is 0 Å². The van der Waals surface area contributed by atoms with Gasteiger partial charge in [-0.25, -0.2) is 17.7 Å². The summed E-state index contributed by atoms with van der Waals surface area (Å²) in [6, 6.07) is 0. The van der Waals surface area contributed by atoms with E-state index in [1.807, 2.05) is 0 Å². The van der Waals surface area contributed by atoms with E-state index in [0.717, 1.165) is 5.75 Å². The first-order valence-electron chi connectivity index (χ1n) is 3.52. The van der Waals surface area contributed by atoms with Gasteiger partial charge >= 0.3 is 0 Å². The summed E-state index contributed by atoms with van der Waals surface area (Å²) in [5.41, 5.74) is 0. The monoisotopic (exact) mass is 204 g/mol. The number of nitrogens with zero attached hydrogens (tertiary/aromatic N) is 2. The van der Waals surface area contributed by atoms with Gasteiger partial charge in [0.1, 0.15) is 0 Å². The Morgan fingerprint density at radius 2 is 2.42 bits per heavy atom. The van der Waals surface area contributed by atoms with E-state index >= 15 is 0 Å². The molecule has 1 fully saturated rings. The summed E-state index contributed by atoms with van der Waals surface area (Å²) in [5.74, 6) is 0.805. The van der Waals surface area contributed by atoms with E-state index in [1.165, 1.54) is 22.3 Å². The van der Waals surface area contributed by atoms with Crippen molar-refractivity contribution in [3.63, 3.8) is 0 Å². The highest BCUT2D eigenvalue weighted by molar-refractivity contribution is 8.15. The Kier molecular flexibility index (Phi) is 1.69. The molecule has 0 N–H and O–H groups in total. The number of aliphatic imine (C=N–C) groups is 1. The number of allylic oxidation sites excluding steroid dienone is 1. The van der Waals surface area contributed by atoms with Crippen LogP contribution in [0.5, 0.6) is 0 Å². The third-order valence-corrected chi connectivity index (χ3v) is 4.73. The molecule has 4 nitrogen and oxygen atoms in total. The van der Waals surface area contributed by atoms with Crippen molar-refractivity contribution < 1.29 is 8.42 Å². The molecule has 2 rings (SSSR count). The van der Waals surface area contributed by atoms with Crippen LogP contribution >= 0.6 is 11.8 Å². The molecule has 0 amide bonds. The van der Waals surface area contributed by atoms with Crippen molar-refractivity contribution in [2.45, 2.75) is 6.92 Å². The van der Waals surface area contributed by atoms with Crippen molar-refractivity contribution in [2.24, 2.45) is 4.99 Å². The average molecular weight is 204 g/mol. The van der Waals surface area contributed by atoms with Crippen LogP contribution in [0, 0.1) is 0 Å². The van der Waals surface area contributed by atoms with Gasteiger partial charge in [0.15, 0.2) is 5.17 Å². The Balaban J connectivity index is 2.53. The molecule has 0 aliphatic carbocycles. The molecular weight excluding hydrogens is 196 g/mol. The van der Waals surface area contributed by atoms with Crippen LogP contribution in [0.15, 0.2) is 16.1 Å². The number of hydrogen-bond acceptors (Lipinski definition) is 4. The number of amidine groups is 1. The Labute approximate surface area is 75.4 Å². The first-order valence-corrected chi connectivity index (χ1v) is 5.95. The highest BCUT2D eigenvalue weighted by Gasteiger charge is 2.34. The highest BCUT2D eigenvalue weighted by atomic mass is 32.2. The lowest BCUT2D eigenvalue weighted by atomic mass is 10.7. The molecule has 0 unspecified atom stereocenters. The first kappa shape index (κ1) is 8.12. The molecule has 6 heteroatoms. The summed E-state index contributed by atoms with van der Waals surface area (Å²) in [7, 11) is -3.20. The van der Waals surface area contributed by atoms with Gasteiger partial charge in [0, 0.05) is 18.5 Å². The van der Waals surface area contributed by atoms with Crippen LogP contribution in [-0.4, -0.2) is 30.2 Å². The molecule has 12 heavy (non-hydrogen) atoms. The summed E-state index contributed by atoms with van der Waals surface area (Å²) < 4.78 is 24.5. The van der Waals surface area contributed by atoms with Crippen LogP contribution in [0.1, 0.15) is 6.92 Å². The summed E-state index contributed by atoms with van der Waals surface area (Å²) in [6.45, 7) is 2.12. The number of rotatable bonds is 0. The fraction of sp³-hybridized carbons (Fsp3) is 0.500. The van der Waals surface area contributed by atoms with Gasteiger partial charge in [0.2, 0.25) is 0 Å². The normalized spacial score (nSPS) is 26.2. The molecule has 0 aromatic rings. The summed E-state index contributed by atoms with van der Waals surface area (Å²) in [5, 5.41) is 0.612. The lowest BCUT2D eigenvalue weighted by Crippen LogP contribution is -2.33. The highest BCUT2D eigenvalue weighted by Crippen LogP contribution is 2.28. The first-order chi connectivity index (χ1) is 5.62. The number of fused-ring (bicyclic) bond motifs is 1. The third kappa shape index (κ3) is 0.980. The zero-order valence-corrected chi connectivity index (χ0v) is 8.15. The Morgan fingerprint density at radius 3 is 3.17 bits per heavy atom. The van der Waals surface area contributed by atoms with Gasteiger partial charge in [-0.2, -0.15) is 0 Å². The topological polar surface area (TPSA) is 49.7 Å². The summed E-state index contributed by atoms with van der Waals surface area (Å²) >= 11 is 1.48. The molecule has 0 radical (unpaired) electrons. The van der Waals surface area contributed by atoms with Crippen LogP contribution < -0.4 is 0 Å². The zero-order valence-electron chi connectivity index (χ0n) is 6.52. The van der Waals surface area contributed by atoms with Crippen LogP contribution in [0.3, 0.4) is 0 Å². The summed E-state index contributed by atoms with van der Waals surface area (Å²) in [6.07, 6.45) is 1.42. The third-order valence-electron chi connectivity index (χ3n) is 1.79. The lowest BCUT2D eigenvalue weighted by Gasteiger charge is -2.20. The molecule has 2 aliphatic rings. The van der Waals surface area contributed by atoms with E-state index in [1.54, 1.807) is 6.92 Å². The molecule has 1 saturated heterocycles. The number of sulfonamides is 1.